The van der Waals surface area contributed by atoms with Crippen LogP contribution >= 0.6 is 0 Å². The van der Waals surface area contributed by atoms with Crippen molar-refractivity contribution in [3.63, 3.8) is 0 Å². The lowest BCUT2D eigenvalue weighted by Crippen LogP contribution is -2.29. The summed E-state index contributed by atoms with van der Waals surface area (Å²) in [7, 11) is 0. The minimum Gasteiger partial charge on any atom is -0.376 e. The van der Waals surface area contributed by atoms with E-state index in [0.29, 0.717) is 6.10 Å². The molecule has 0 saturated carbocycles. The quantitative estimate of drug-likeness (QED) is 0.736. The van der Waals surface area contributed by atoms with Crippen LogP contribution in [0.5, 0.6) is 0 Å². The molecule has 1 heterocycles. The summed E-state index contributed by atoms with van der Waals surface area (Å²) in [6, 6.07) is 0.220. The molecule has 1 aliphatic heterocycles. The molecule has 84 valence electrons. The Balaban J connectivity index is 2.06. The highest BCUT2D eigenvalue weighted by Crippen LogP contribution is 2.14. The Kier molecular flexibility index (Phi) is 5.45. The van der Waals surface area contributed by atoms with Crippen molar-refractivity contribution in [3.8, 4) is 0 Å². The van der Waals surface area contributed by atoms with E-state index < -0.39 is 0 Å². The SMILES string of the molecule is CC(N)CC(C)OCC1CCCCO1. The van der Waals surface area contributed by atoms with E-state index in [9.17, 15) is 0 Å². The van der Waals surface area contributed by atoms with E-state index in [1.165, 1.54) is 12.8 Å². The Labute approximate surface area is 86.9 Å². The number of ether oxygens (including phenoxy) is 2. The maximum atomic E-state index is 5.69. The van der Waals surface area contributed by atoms with Gasteiger partial charge in [0.15, 0.2) is 0 Å². The molecule has 3 unspecified atom stereocenters. The maximum Gasteiger partial charge on any atom is 0.0808 e. The van der Waals surface area contributed by atoms with E-state index in [4.69, 9.17) is 15.2 Å². The summed E-state index contributed by atoms with van der Waals surface area (Å²) in [6.07, 6.45) is 5.11. The highest BCUT2D eigenvalue weighted by Gasteiger charge is 2.15. The second kappa shape index (κ2) is 6.38. The molecule has 1 saturated heterocycles. The van der Waals surface area contributed by atoms with Crippen LogP contribution in [-0.2, 0) is 9.47 Å². The molecule has 2 N–H and O–H groups in total. The van der Waals surface area contributed by atoms with E-state index >= 15 is 0 Å². The zero-order valence-electron chi connectivity index (χ0n) is 9.37. The summed E-state index contributed by atoms with van der Waals surface area (Å²) in [5.41, 5.74) is 5.69. The summed E-state index contributed by atoms with van der Waals surface area (Å²) in [5.74, 6) is 0. The molecule has 3 nitrogen and oxygen atoms in total. The first kappa shape index (κ1) is 12.0. The molecule has 1 fully saturated rings. The maximum absolute atomic E-state index is 5.69. The minimum atomic E-state index is 0.220. The second-order valence-electron chi connectivity index (χ2n) is 4.35. The van der Waals surface area contributed by atoms with Crippen LogP contribution in [0.3, 0.4) is 0 Å². The lowest BCUT2D eigenvalue weighted by atomic mass is 10.1. The molecule has 1 aliphatic rings. The van der Waals surface area contributed by atoms with Crippen LogP contribution in [-0.4, -0.2) is 31.5 Å². The molecule has 0 bridgehead atoms. The number of nitrogens with two attached hydrogens (primary N) is 1. The van der Waals surface area contributed by atoms with E-state index in [1.54, 1.807) is 0 Å². The smallest absolute Gasteiger partial charge is 0.0808 e. The second-order valence-corrected chi connectivity index (χ2v) is 4.35. The Morgan fingerprint density at radius 1 is 1.43 bits per heavy atom. The molecular formula is C11H23NO2. The third-order valence-corrected chi connectivity index (χ3v) is 2.54. The first-order valence-corrected chi connectivity index (χ1v) is 5.67. The van der Waals surface area contributed by atoms with Gasteiger partial charge in [-0.05, 0) is 39.5 Å². The average Bonchev–Trinajstić information content (AvgIpc) is 2.15. The van der Waals surface area contributed by atoms with Crippen LogP contribution in [0.2, 0.25) is 0 Å². The van der Waals surface area contributed by atoms with Crippen molar-refractivity contribution in [1.82, 2.24) is 0 Å². The van der Waals surface area contributed by atoms with Crippen molar-refractivity contribution in [2.24, 2.45) is 5.73 Å². The molecule has 3 heteroatoms. The van der Waals surface area contributed by atoms with Crippen LogP contribution < -0.4 is 5.73 Å². The van der Waals surface area contributed by atoms with Crippen molar-refractivity contribution in [2.45, 2.75) is 57.8 Å². The molecule has 0 aromatic heterocycles. The molecule has 0 radical (unpaired) electrons. The van der Waals surface area contributed by atoms with Crippen LogP contribution in [0.15, 0.2) is 0 Å². The zero-order valence-corrected chi connectivity index (χ0v) is 9.37. The van der Waals surface area contributed by atoms with Crippen LogP contribution in [0.1, 0.15) is 39.5 Å². The third kappa shape index (κ3) is 4.94. The van der Waals surface area contributed by atoms with Crippen molar-refractivity contribution in [3.05, 3.63) is 0 Å². The molecule has 1 rings (SSSR count). The molecule has 3 atom stereocenters. The lowest BCUT2D eigenvalue weighted by Gasteiger charge is -2.24. The van der Waals surface area contributed by atoms with Crippen molar-refractivity contribution < 1.29 is 9.47 Å². The standard InChI is InChI=1S/C11H23NO2/c1-9(12)7-10(2)14-8-11-5-3-4-6-13-11/h9-11H,3-8,12H2,1-2H3. The molecule has 0 aliphatic carbocycles. The van der Waals surface area contributed by atoms with Gasteiger partial charge in [0, 0.05) is 12.6 Å². The summed E-state index contributed by atoms with van der Waals surface area (Å²) in [5, 5.41) is 0. The van der Waals surface area contributed by atoms with Crippen molar-refractivity contribution >= 4 is 0 Å². The third-order valence-electron chi connectivity index (χ3n) is 2.54. The van der Waals surface area contributed by atoms with E-state index in [2.05, 4.69) is 6.92 Å². The molecular weight excluding hydrogens is 178 g/mol. The first-order valence-electron chi connectivity index (χ1n) is 5.67. The van der Waals surface area contributed by atoms with Crippen molar-refractivity contribution in [1.29, 1.82) is 0 Å². The fourth-order valence-electron chi connectivity index (χ4n) is 1.80. The molecule has 14 heavy (non-hydrogen) atoms. The summed E-state index contributed by atoms with van der Waals surface area (Å²) < 4.78 is 11.3. The average molecular weight is 201 g/mol. The van der Waals surface area contributed by atoms with Gasteiger partial charge in [-0.3, -0.25) is 0 Å². The zero-order chi connectivity index (χ0) is 10.4. The molecule has 0 spiro atoms. The van der Waals surface area contributed by atoms with Gasteiger partial charge in [-0.25, -0.2) is 0 Å². The summed E-state index contributed by atoms with van der Waals surface area (Å²) >= 11 is 0. The van der Waals surface area contributed by atoms with Gasteiger partial charge >= 0.3 is 0 Å². The van der Waals surface area contributed by atoms with Crippen LogP contribution in [0.25, 0.3) is 0 Å². The number of rotatable bonds is 5. The Morgan fingerprint density at radius 2 is 2.21 bits per heavy atom. The fourth-order valence-corrected chi connectivity index (χ4v) is 1.80. The Hall–Kier alpha value is -0.120. The topological polar surface area (TPSA) is 44.5 Å². The predicted octanol–water partition coefficient (Wildman–Crippen LogP) is 1.70. The van der Waals surface area contributed by atoms with E-state index in [0.717, 1.165) is 26.1 Å². The Bertz CT molecular complexity index is 144. The van der Waals surface area contributed by atoms with Crippen LogP contribution in [0, 0.1) is 0 Å². The van der Waals surface area contributed by atoms with Gasteiger partial charge in [0.25, 0.3) is 0 Å². The van der Waals surface area contributed by atoms with Gasteiger partial charge in [-0.2, -0.15) is 0 Å². The van der Waals surface area contributed by atoms with Gasteiger partial charge in [-0.15, -0.1) is 0 Å². The predicted molar refractivity (Wildman–Crippen MR) is 57.3 cm³/mol. The van der Waals surface area contributed by atoms with Crippen LogP contribution in [0.4, 0.5) is 0 Å². The lowest BCUT2D eigenvalue weighted by molar-refractivity contribution is -0.0611. The largest absolute Gasteiger partial charge is 0.376 e. The first-order chi connectivity index (χ1) is 6.68. The molecule has 0 amide bonds. The fraction of sp³-hybridized carbons (Fsp3) is 1.00. The number of hydrogen-bond acceptors (Lipinski definition) is 3. The van der Waals surface area contributed by atoms with Gasteiger partial charge < -0.3 is 15.2 Å². The Morgan fingerprint density at radius 3 is 2.79 bits per heavy atom. The number of hydrogen-bond donors (Lipinski definition) is 1. The van der Waals surface area contributed by atoms with E-state index in [1.807, 2.05) is 6.92 Å². The normalized spacial score (nSPS) is 27.2. The molecule has 0 aromatic carbocycles. The van der Waals surface area contributed by atoms with Gasteiger partial charge in [-0.1, -0.05) is 0 Å². The molecule has 0 aromatic rings. The summed E-state index contributed by atoms with van der Waals surface area (Å²) in [6.45, 7) is 5.72. The van der Waals surface area contributed by atoms with Gasteiger partial charge in [0.05, 0.1) is 18.8 Å². The van der Waals surface area contributed by atoms with Gasteiger partial charge in [0.2, 0.25) is 0 Å². The highest BCUT2D eigenvalue weighted by molar-refractivity contribution is 4.65. The summed E-state index contributed by atoms with van der Waals surface area (Å²) in [4.78, 5) is 0. The van der Waals surface area contributed by atoms with Crippen molar-refractivity contribution in [2.75, 3.05) is 13.2 Å². The highest BCUT2D eigenvalue weighted by atomic mass is 16.5. The monoisotopic (exact) mass is 201 g/mol. The minimum absolute atomic E-state index is 0.220. The van der Waals surface area contributed by atoms with Gasteiger partial charge in [0.1, 0.15) is 0 Å². The van der Waals surface area contributed by atoms with E-state index in [-0.39, 0.29) is 12.1 Å².